The van der Waals surface area contributed by atoms with Gasteiger partial charge in [-0.1, -0.05) is 29.3 Å². The van der Waals surface area contributed by atoms with Crippen molar-refractivity contribution in [2.45, 2.75) is 13.0 Å². The van der Waals surface area contributed by atoms with Crippen molar-refractivity contribution in [1.82, 2.24) is 0 Å². The summed E-state index contributed by atoms with van der Waals surface area (Å²) >= 11 is 11.8. The number of halogens is 2. The van der Waals surface area contributed by atoms with Crippen LogP contribution in [0.15, 0.2) is 42.5 Å². The molecule has 4 heteroatoms. The van der Waals surface area contributed by atoms with E-state index in [1.165, 1.54) is 0 Å². The van der Waals surface area contributed by atoms with Gasteiger partial charge >= 0.3 is 0 Å². The second-order valence-corrected chi connectivity index (χ2v) is 5.09. The van der Waals surface area contributed by atoms with E-state index in [0.29, 0.717) is 10.0 Å². The van der Waals surface area contributed by atoms with Gasteiger partial charge in [0.25, 0.3) is 0 Å². The topological polar surface area (TPSA) is 35.8 Å². The Morgan fingerprint density at radius 2 is 1.68 bits per heavy atom. The third kappa shape index (κ3) is 3.41. The molecule has 0 spiro atoms. The molecule has 0 saturated carbocycles. The molecule has 2 aromatic carbocycles. The number of nitriles is 1. The average molecular weight is 291 g/mol. The largest absolute Gasteiger partial charge is 0.366 e. The molecule has 96 valence electrons. The van der Waals surface area contributed by atoms with Crippen LogP contribution in [0.2, 0.25) is 10.0 Å². The van der Waals surface area contributed by atoms with Crippen LogP contribution < -0.4 is 5.32 Å². The van der Waals surface area contributed by atoms with Crippen molar-refractivity contribution in [3.05, 3.63) is 63.6 Å². The van der Waals surface area contributed by atoms with Gasteiger partial charge in [-0.25, -0.2) is 0 Å². The lowest BCUT2D eigenvalue weighted by Crippen LogP contribution is -2.09. The molecule has 1 atom stereocenters. The van der Waals surface area contributed by atoms with E-state index in [2.05, 4.69) is 11.4 Å². The number of benzene rings is 2. The summed E-state index contributed by atoms with van der Waals surface area (Å²) in [6.45, 7) is 1.94. The Balaban J connectivity index is 2.25. The van der Waals surface area contributed by atoms with Gasteiger partial charge in [-0.3, -0.25) is 0 Å². The highest BCUT2D eigenvalue weighted by Gasteiger charge is 2.13. The molecule has 0 fully saturated rings. The van der Waals surface area contributed by atoms with Gasteiger partial charge < -0.3 is 5.32 Å². The molecule has 1 unspecified atom stereocenters. The van der Waals surface area contributed by atoms with E-state index in [0.717, 1.165) is 16.8 Å². The fraction of sp³-hybridized carbons (Fsp3) is 0.133. The van der Waals surface area contributed by atoms with E-state index in [9.17, 15) is 5.26 Å². The summed E-state index contributed by atoms with van der Waals surface area (Å²) in [5, 5.41) is 13.8. The normalized spacial score (nSPS) is 11.7. The summed E-state index contributed by atoms with van der Waals surface area (Å²) in [7, 11) is 0. The summed E-state index contributed by atoms with van der Waals surface area (Å²) in [6.07, 6.45) is 0. The first-order chi connectivity index (χ1) is 9.10. The van der Waals surface area contributed by atoms with Crippen molar-refractivity contribution < 1.29 is 0 Å². The highest BCUT2D eigenvalue weighted by Crippen LogP contribution is 2.25. The molecule has 0 bridgehead atoms. The van der Waals surface area contributed by atoms with E-state index in [1.54, 1.807) is 18.2 Å². The molecule has 0 heterocycles. The quantitative estimate of drug-likeness (QED) is 0.865. The Labute approximate surface area is 122 Å². The van der Waals surface area contributed by atoms with Gasteiger partial charge in [-0.05, 0) is 54.4 Å². The highest BCUT2D eigenvalue weighted by atomic mass is 35.5. The Bertz CT molecular complexity index is 615. The molecular weight excluding hydrogens is 279 g/mol. The van der Waals surface area contributed by atoms with Gasteiger partial charge in [0.2, 0.25) is 0 Å². The SMILES string of the molecule is Cc1cc(Cl)ccc1C(C#N)Nc1ccc(Cl)cc1. The first-order valence-corrected chi connectivity index (χ1v) is 6.53. The second-order valence-electron chi connectivity index (χ2n) is 4.21. The van der Waals surface area contributed by atoms with Crippen LogP contribution in [0.4, 0.5) is 5.69 Å². The van der Waals surface area contributed by atoms with E-state index in [-0.39, 0.29) is 0 Å². The van der Waals surface area contributed by atoms with Crippen molar-refractivity contribution in [1.29, 1.82) is 5.26 Å². The van der Waals surface area contributed by atoms with Gasteiger partial charge in [0.1, 0.15) is 6.04 Å². The number of nitrogens with one attached hydrogen (secondary N) is 1. The molecule has 0 aliphatic carbocycles. The molecule has 0 radical (unpaired) electrons. The van der Waals surface area contributed by atoms with Crippen LogP contribution in [0, 0.1) is 18.3 Å². The zero-order valence-corrected chi connectivity index (χ0v) is 11.8. The molecule has 0 aliphatic rings. The van der Waals surface area contributed by atoms with Crippen molar-refractivity contribution in [3.8, 4) is 6.07 Å². The third-order valence-corrected chi connectivity index (χ3v) is 3.31. The van der Waals surface area contributed by atoms with Crippen LogP contribution in [0.3, 0.4) is 0 Å². The van der Waals surface area contributed by atoms with Gasteiger partial charge in [-0.15, -0.1) is 0 Å². The van der Waals surface area contributed by atoms with Crippen molar-refractivity contribution >= 4 is 28.9 Å². The predicted octanol–water partition coefficient (Wildman–Crippen LogP) is 4.98. The van der Waals surface area contributed by atoms with Gasteiger partial charge in [0.05, 0.1) is 6.07 Å². The molecule has 0 aliphatic heterocycles. The first kappa shape index (κ1) is 13.7. The number of hydrogen-bond acceptors (Lipinski definition) is 2. The first-order valence-electron chi connectivity index (χ1n) is 5.78. The summed E-state index contributed by atoms with van der Waals surface area (Å²) in [5.74, 6) is 0. The monoisotopic (exact) mass is 290 g/mol. The predicted molar refractivity (Wildman–Crippen MR) is 79.6 cm³/mol. The zero-order chi connectivity index (χ0) is 13.8. The van der Waals surface area contributed by atoms with Gasteiger partial charge in [0, 0.05) is 15.7 Å². The number of hydrogen-bond donors (Lipinski definition) is 1. The molecule has 0 amide bonds. The number of rotatable bonds is 3. The van der Waals surface area contributed by atoms with E-state index < -0.39 is 6.04 Å². The molecule has 0 saturated heterocycles. The summed E-state index contributed by atoms with van der Waals surface area (Å²) in [4.78, 5) is 0. The number of aryl methyl sites for hydroxylation is 1. The lowest BCUT2D eigenvalue weighted by molar-refractivity contribution is 0.982. The number of nitrogens with zero attached hydrogens (tertiary/aromatic N) is 1. The van der Waals surface area contributed by atoms with Crippen molar-refractivity contribution in [2.75, 3.05) is 5.32 Å². The lowest BCUT2D eigenvalue weighted by atomic mass is 10.0. The maximum absolute atomic E-state index is 9.32. The minimum absolute atomic E-state index is 0.418. The Morgan fingerprint density at radius 1 is 1.05 bits per heavy atom. The average Bonchev–Trinajstić information content (AvgIpc) is 2.39. The molecule has 2 nitrogen and oxygen atoms in total. The standard InChI is InChI=1S/C15H12Cl2N2/c1-10-8-12(17)4-7-14(10)15(9-18)19-13-5-2-11(16)3-6-13/h2-8,15,19H,1H3. The van der Waals surface area contributed by atoms with E-state index >= 15 is 0 Å². The molecule has 1 N–H and O–H groups in total. The fourth-order valence-electron chi connectivity index (χ4n) is 1.86. The minimum atomic E-state index is -0.418. The van der Waals surface area contributed by atoms with Crippen molar-refractivity contribution in [2.24, 2.45) is 0 Å². The van der Waals surface area contributed by atoms with Crippen LogP contribution in [0.1, 0.15) is 17.2 Å². The minimum Gasteiger partial charge on any atom is -0.366 e. The Hall–Kier alpha value is -1.69. The van der Waals surface area contributed by atoms with Gasteiger partial charge in [0.15, 0.2) is 0 Å². The number of anilines is 1. The van der Waals surface area contributed by atoms with Gasteiger partial charge in [-0.2, -0.15) is 5.26 Å². The second kappa shape index (κ2) is 5.97. The van der Waals surface area contributed by atoms with Crippen LogP contribution in [0.5, 0.6) is 0 Å². The van der Waals surface area contributed by atoms with E-state index in [1.807, 2.05) is 31.2 Å². The molecule has 2 rings (SSSR count). The smallest absolute Gasteiger partial charge is 0.140 e. The van der Waals surface area contributed by atoms with E-state index in [4.69, 9.17) is 23.2 Å². The summed E-state index contributed by atoms with van der Waals surface area (Å²) in [5.41, 5.74) is 2.76. The lowest BCUT2D eigenvalue weighted by Gasteiger charge is -2.15. The fourth-order valence-corrected chi connectivity index (χ4v) is 2.21. The highest BCUT2D eigenvalue weighted by molar-refractivity contribution is 6.30. The summed E-state index contributed by atoms with van der Waals surface area (Å²) < 4.78 is 0. The Morgan fingerprint density at radius 3 is 2.26 bits per heavy atom. The molecule has 19 heavy (non-hydrogen) atoms. The van der Waals surface area contributed by atoms with Crippen LogP contribution in [0.25, 0.3) is 0 Å². The van der Waals surface area contributed by atoms with Crippen LogP contribution in [-0.2, 0) is 0 Å². The van der Waals surface area contributed by atoms with Crippen LogP contribution >= 0.6 is 23.2 Å². The van der Waals surface area contributed by atoms with Crippen LogP contribution in [-0.4, -0.2) is 0 Å². The molecular formula is C15H12Cl2N2. The molecule has 0 aromatic heterocycles. The maximum Gasteiger partial charge on any atom is 0.140 e. The maximum atomic E-state index is 9.32. The summed E-state index contributed by atoms with van der Waals surface area (Å²) in [6, 6.07) is 14.6. The molecule has 2 aromatic rings. The van der Waals surface area contributed by atoms with Crippen molar-refractivity contribution in [3.63, 3.8) is 0 Å². The third-order valence-electron chi connectivity index (χ3n) is 2.83. The Kier molecular flexibility index (Phi) is 4.31. The zero-order valence-electron chi connectivity index (χ0n) is 10.3.